The summed E-state index contributed by atoms with van der Waals surface area (Å²) in [5.74, 6) is 0.840. The summed E-state index contributed by atoms with van der Waals surface area (Å²) < 4.78 is 0. The monoisotopic (exact) mass is 342 g/mol. The number of nitrogens with two attached hydrogens (primary N) is 1. The van der Waals surface area contributed by atoms with Crippen molar-refractivity contribution in [2.24, 2.45) is 17.6 Å². The van der Waals surface area contributed by atoms with Crippen LogP contribution in [0.5, 0.6) is 0 Å². The van der Waals surface area contributed by atoms with Gasteiger partial charge >= 0.3 is 0 Å². The van der Waals surface area contributed by atoms with Gasteiger partial charge in [-0.1, -0.05) is 30.2 Å². The van der Waals surface area contributed by atoms with Crippen LogP contribution in [-0.4, -0.2) is 23.4 Å². The molecule has 3 nitrogen and oxygen atoms in total. The van der Waals surface area contributed by atoms with Crippen LogP contribution in [0.1, 0.15) is 37.7 Å². The number of hydrogen-bond acceptors (Lipinski definition) is 2. The Balaban J connectivity index is 0.00000176. The number of benzene rings is 1. The topological polar surface area (TPSA) is 46.3 Å². The van der Waals surface area contributed by atoms with Crippen LogP contribution < -0.4 is 5.73 Å². The lowest BCUT2D eigenvalue weighted by Gasteiger charge is -2.28. The number of amides is 1. The lowest BCUT2D eigenvalue weighted by molar-refractivity contribution is -0.137. The Morgan fingerprint density at radius 3 is 2.45 bits per heavy atom. The zero-order chi connectivity index (χ0) is 14.8. The highest BCUT2D eigenvalue weighted by molar-refractivity contribution is 6.30. The summed E-state index contributed by atoms with van der Waals surface area (Å²) in [5, 5.41) is 0.738. The zero-order valence-electron chi connectivity index (χ0n) is 12.7. The van der Waals surface area contributed by atoms with Crippen LogP contribution in [-0.2, 0) is 11.3 Å². The normalized spacial score (nSPS) is 23.9. The van der Waals surface area contributed by atoms with Gasteiger partial charge in [0, 0.05) is 23.5 Å². The number of hydrogen-bond donors (Lipinski definition) is 1. The van der Waals surface area contributed by atoms with Crippen LogP contribution in [0.2, 0.25) is 5.02 Å². The molecule has 0 saturated heterocycles. The van der Waals surface area contributed by atoms with Crippen molar-refractivity contribution in [2.75, 3.05) is 6.54 Å². The SMILES string of the molecule is Cl.NC[C@H]1CCC[C@H]1C(=O)N(Cc1ccc(Cl)cc1)C1CC1. The molecule has 5 heteroatoms. The second kappa shape index (κ2) is 7.67. The predicted octanol–water partition coefficient (Wildman–Crippen LogP) is 3.63. The maximum Gasteiger partial charge on any atom is 0.226 e. The average molecular weight is 343 g/mol. The molecule has 22 heavy (non-hydrogen) atoms. The van der Waals surface area contributed by atoms with Gasteiger partial charge in [-0.3, -0.25) is 4.79 Å². The summed E-state index contributed by atoms with van der Waals surface area (Å²) in [6, 6.07) is 8.25. The predicted molar refractivity (Wildman–Crippen MR) is 92.2 cm³/mol. The number of carbonyl (C=O) groups excluding carboxylic acids is 1. The van der Waals surface area contributed by atoms with Gasteiger partial charge < -0.3 is 10.6 Å². The van der Waals surface area contributed by atoms with Crippen molar-refractivity contribution >= 4 is 29.9 Å². The van der Waals surface area contributed by atoms with Crippen molar-refractivity contribution < 1.29 is 4.79 Å². The minimum absolute atomic E-state index is 0. The first-order valence-corrected chi connectivity index (χ1v) is 8.32. The van der Waals surface area contributed by atoms with Crippen molar-refractivity contribution in [3.8, 4) is 0 Å². The largest absolute Gasteiger partial charge is 0.335 e. The molecule has 0 radical (unpaired) electrons. The molecule has 2 saturated carbocycles. The van der Waals surface area contributed by atoms with Gasteiger partial charge in [0.05, 0.1) is 0 Å². The molecule has 2 aliphatic rings. The first-order chi connectivity index (χ1) is 10.2. The quantitative estimate of drug-likeness (QED) is 0.887. The summed E-state index contributed by atoms with van der Waals surface area (Å²) >= 11 is 5.93. The summed E-state index contributed by atoms with van der Waals surface area (Å²) in [6.45, 7) is 1.34. The second-order valence-electron chi connectivity index (χ2n) is 6.36. The van der Waals surface area contributed by atoms with Gasteiger partial charge in [0.15, 0.2) is 0 Å². The van der Waals surface area contributed by atoms with Crippen LogP contribution >= 0.6 is 24.0 Å². The molecule has 0 aliphatic heterocycles. The summed E-state index contributed by atoms with van der Waals surface area (Å²) in [4.78, 5) is 15.0. The molecule has 2 aliphatic carbocycles. The summed E-state index contributed by atoms with van der Waals surface area (Å²) in [5.41, 5.74) is 6.99. The van der Waals surface area contributed by atoms with E-state index in [-0.39, 0.29) is 18.3 Å². The van der Waals surface area contributed by atoms with Gasteiger partial charge in [-0.05, 0) is 55.8 Å². The summed E-state index contributed by atoms with van der Waals surface area (Å²) in [7, 11) is 0. The average Bonchev–Trinajstić information content (AvgIpc) is 3.22. The third-order valence-corrected chi connectivity index (χ3v) is 5.07. The Morgan fingerprint density at radius 1 is 1.18 bits per heavy atom. The lowest BCUT2D eigenvalue weighted by atomic mass is 9.94. The van der Waals surface area contributed by atoms with E-state index < -0.39 is 0 Å². The van der Waals surface area contributed by atoms with E-state index in [9.17, 15) is 4.79 Å². The molecule has 2 fully saturated rings. The standard InChI is InChI=1S/C17H23ClN2O.ClH/c18-14-6-4-12(5-7-14)11-20(15-8-9-15)17(21)16-3-1-2-13(16)10-19;/h4-7,13,15-16H,1-3,8-11,19H2;1H/t13-,16-;/m1./s1. The van der Waals surface area contributed by atoms with Crippen LogP contribution in [0.3, 0.4) is 0 Å². The molecule has 3 rings (SSSR count). The van der Waals surface area contributed by atoms with E-state index in [0.717, 1.165) is 42.7 Å². The third kappa shape index (κ3) is 3.95. The minimum Gasteiger partial charge on any atom is -0.335 e. The maximum atomic E-state index is 12.9. The Bertz CT molecular complexity index is 502. The van der Waals surface area contributed by atoms with Crippen molar-refractivity contribution in [3.63, 3.8) is 0 Å². The first kappa shape index (κ1) is 17.6. The van der Waals surface area contributed by atoms with Gasteiger partial charge in [0.1, 0.15) is 0 Å². The molecule has 1 aromatic carbocycles. The fourth-order valence-corrected chi connectivity index (χ4v) is 3.54. The van der Waals surface area contributed by atoms with E-state index in [1.165, 1.54) is 0 Å². The third-order valence-electron chi connectivity index (χ3n) is 4.82. The van der Waals surface area contributed by atoms with Crippen LogP contribution in [0, 0.1) is 11.8 Å². The van der Waals surface area contributed by atoms with Crippen LogP contribution in [0.25, 0.3) is 0 Å². The van der Waals surface area contributed by atoms with Crippen molar-refractivity contribution in [2.45, 2.75) is 44.7 Å². The number of nitrogens with zero attached hydrogens (tertiary/aromatic N) is 1. The van der Waals surface area contributed by atoms with Crippen molar-refractivity contribution in [1.29, 1.82) is 0 Å². The van der Waals surface area contributed by atoms with Crippen LogP contribution in [0.4, 0.5) is 0 Å². The van der Waals surface area contributed by atoms with E-state index in [0.29, 0.717) is 31.0 Å². The van der Waals surface area contributed by atoms with E-state index in [2.05, 4.69) is 4.90 Å². The fraction of sp³-hybridized carbons (Fsp3) is 0.588. The molecule has 2 N–H and O–H groups in total. The van der Waals surface area contributed by atoms with Gasteiger partial charge in [-0.15, -0.1) is 12.4 Å². The minimum atomic E-state index is 0. The second-order valence-corrected chi connectivity index (χ2v) is 6.79. The Labute approximate surface area is 143 Å². The number of rotatable bonds is 5. The first-order valence-electron chi connectivity index (χ1n) is 7.94. The van der Waals surface area contributed by atoms with E-state index in [1.54, 1.807) is 0 Å². The molecule has 0 heterocycles. The molecular formula is C17H24Cl2N2O. The van der Waals surface area contributed by atoms with Gasteiger partial charge in [-0.25, -0.2) is 0 Å². The highest BCUT2D eigenvalue weighted by Crippen LogP contribution is 2.36. The summed E-state index contributed by atoms with van der Waals surface area (Å²) in [6.07, 6.45) is 5.52. The molecule has 1 amide bonds. The molecule has 0 unspecified atom stereocenters. The van der Waals surface area contributed by atoms with E-state index >= 15 is 0 Å². The Morgan fingerprint density at radius 2 is 1.86 bits per heavy atom. The maximum absolute atomic E-state index is 12.9. The van der Waals surface area contributed by atoms with E-state index in [4.69, 9.17) is 17.3 Å². The smallest absolute Gasteiger partial charge is 0.226 e. The molecular weight excluding hydrogens is 319 g/mol. The highest BCUT2D eigenvalue weighted by Gasteiger charge is 2.40. The van der Waals surface area contributed by atoms with Crippen molar-refractivity contribution in [3.05, 3.63) is 34.9 Å². The highest BCUT2D eigenvalue weighted by atomic mass is 35.5. The lowest BCUT2D eigenvalue weighted by Crippen LogP contribution is -2.40. The Kier molecular flexibility index (Phi) is 6.13. The molecule has 1 aromatic rings. The van der Waals surface area contributed by atoms with E-state index in [1.807, 2.05) is 24.3 Å². The van der Waals surface area contributed by atoms with Gasteiger partial charge in [0.2, 0.25) is 5.91 Å². The number of halogens is 2. The van der Waals surface area contributed by atoms with Gasteiger partial charge in [-0.2, -0.15) is 0 Å². The Hall–Kier alpha value is -0.770. The van der Waals surface area contributed by atoms with Gasteiger partial charge in [0.25, 0.3) is 0 Å². The fourth-order valence-electron chi connectivity index (χ4n) is 3.42. The van der Waals surface area contributed by atoms with Crippen molar-refractivity contribution in [1.82, 2.24) is 4.90 Å². The number of carbonyl (C=O) groups is 1. The van der Waals surface area contributed by atoms with Crippen LogP contribution in [0.15, 0.2) is 24.3 Å². The molecule has 0 bridgehead atoms. The molecule has 0 aromatic heterocycles. The molecule has 2 atom stereocenters. The molecule has 0 spiro atoms. The zero-order valence-corrected chi connectivity index (χ0v) is 14.3. The molecule has 122 valence electrons.